The number of rotatable bonds is 4. The molecule has 0 radical (unpaired) electrons. The van der Waals surface area contributed by atoms with E-state index in [1.54, 1.807) is 0 Å². The van der Waals surface area contributed by atoms with Gasteiger partial charge in [0.1, 0.15) is 0 Å². The molecule has 2 N–H and O–H groups in total. The summed E-state index contributed by atoms with van der Waals surface area (Å²) >= 11 is 0. The van der Waals surface area contributed by atoms with E-state index in [4.69, 9.17) is 5.11 Å². The number of likely N-dealkylation sites (N-methyl/N-ethyl adjacent to an activating group) is 2. The van der Waals surface area contributed by atoms with Gasteiger partial charge >= 0.3 is 0 Å². The van der Waals surface area contributed by atoms with E-state index in [1.807, 2.05) is 26.0 Å². The summed E-state index contributed by atoms with van der Waals surface area (Å²) in [6.45, 7) is 1.39. The van der Waals surface area contributed by atoms with E-state index in [0.717, 1.165) is 6.54 Å². The summed E-state index contributed by atoms with van der Waals surface area (Å²) in [6.07, 6.45) is -0.245. The molecule has 0 aliphatic rings. The predicted molar refractivity (Wildman–Crippen MR) is 38.5 cm³/mol. The van der Waals surface area contributed by atoms with Crippen LogP contribution in [0.2, 0.25) is 0 Å². The summed E-state index contributed by atoms with van der Waals surface area (Å²) in [5.41, 5.74) is 0. The minimum atomic E-state index is -0.245. The van der Waals surface area contributed by atoms with Crippen molar-refractivity contribution in [1.29, 1.82) is 0 Å². The van der Waals surface area contributed by atoms with Gasteiger partial charge in [0.15, 0.2) is 0 Å². The van der Waals surface area contributed by atoms with Gasteiger partial charge in [0.2, 0.25) is 0 Å². The Morgan fingerprint density at radius 2 is 2.11 bits per heavy atom. The monoisotopic (exact) mass is 132 g/mol. The zero-order chi connectivity index (χ0) is 7.28. The van der Waals surface area contributed by atoms with Crippen molar-refractivity contribution in [3.05, 3.63) is 0 Å². The van der Waals surface area contributed by atoms with Crippen LogP contribution in [0.15, 0.2) is 0 Å². The van der Waals surface area contributed by atoms with E-state index >= 15 is 0 Å². The first kappa shape index (κ1) is 8.88. The minimum absolute atomic E-state index is 0.245. The topological polar surface area (TPSA) is 35.5 Å². The van der Waals surface area contributed by atoms with Crippen LogP contribution in [0.1, 0.15) is 0 Å². The maximum atomic E-state index is 9.12. The zero-order valence-corrected chi connectivity index (χ0v) is 6.39. The van der Waals surface area contributed by atoms with Gasteiger partial charge in [-0.05, 0) is 21.1 Å². The van der Waals surface area contributed by atoms with Crippen molar-refractivity contribution in [1.82, 2.24) is 10.2 Å². The Hall–Kier alpha value is -0.120. The van der Waals surface area contributed by atoms with Gasteiger partial charge in [0, 0.05) is 13.1 Å². The van der Waals surface area contributed by atoms with Crippen molar-refractivity contribution < 1.29 is 5.11 Å². The van der Waals surface area contributed by atoms with Gasteiger partial charge in [-0.1, -0.05) is 0 Å². The van der Waals surface area contributed by atoms with Crippen LogP contribution < -0.4 is 5.32 Å². The third-order valence-corrected chi connectivity index (χ3v) is 1.02. The lowest BCUT2D eigenvalue weighted by Gasteiger charge is -2.14. The first-order valence-electron chi connectivity index (χ1n) is 3.14. The van der Waals surface area contributed by atoms with Gasteiger partial charge < -0.3 is 15.3 Å². The van der Waals surface area contributed by atoms with Crippen molar-refractivity contribution in [2.45, 2.75) is 6.10 Å². The molecule has 0 saturated heterocycles. The molecule has 0 fully saturated rings. The second-order valence-corrected chi connectivity index (χ2v) is 2.47. The molecule has 0 unspecified atom stereocenters. The molecule has 0 heterocycles. The van der Waals surface area contributed by atoms with Crippen LogP contribution in [0.5, 0.6) is 0 Å². The number of hydrogen-bond donors (Lipinski definition) is 2. The lowest BCUT2D eigenvalue weighted by atomic mass is 10.3. The standard InChI is InChI=1S/C6H16N2O/c1-7-4-6(9)5-8(2)3/h6-7,9H,4-5H2,1-3H3/t6-/m1/s1. The molecular formula is C6H16N2O. The molecule has 0 amide bonds. The predicted octanol–water partition coefficient (Wildman–Crippen LogP) is -0.872. The molecule has 9 heavy (non-hydrogen) atoms. The van der Waals surface area contributed by atoms with E-state index in [1.165, 1.54) is 0 Å². The smallest absolute Gasteiger partial charge is 0.0790 e. The Labute approximate surface area is 56.7 Å². The van der Waals surface area contributed by atoms with Crippen LogP contribution in [-0.4, -0.2) is 50.3 Å². The maximum absolute atomic E-state index is 9.12. The first-order valence-corrected chi connectivity index (χ1v) is 3.14. The van der Waals surface area contributed by atoms with E-state index in [2.05, 4.69) is 5.32 Å². The summed E-state index contributed by atoms with van der Waals surface area (Å²) in [5, 5.41) is 12.0. The van der Waals surface area contributed by atoms with Crippen molar-refractivity contribution in [2.75, 3.05) is 34.2 Å². The third-order valence-electron chi connectivity index (χ3n) is 1.02. The maximum Gasteiger partial charge on any atom is 0.0790 e. The van der Waals surface area contributed by atoms with Gasteiger partial charge in [-0.3, -0.25) is 0 Å². The van der Waals surface area contributed by atoms with E-state index < -0.39 is 0 Å². The number of nitrogens with one attached hydrogen (secondary N) is 1. The molecule has 0 aliphatic heterocycles. The highest BCUT2D eigenvalue weighted by Crippen LogP contribution is 1.81. The van der Waals surface area contributed by atoms with Crippen molar-refractivity contribution in [3.8, 4) is 0 Å². The molecule has 0 aliphatic carbocycles. The van der Waals surface area contributed by atoms with Gasteiger partial charge in [0.25, 0.3) is 0 Å². The summed E-state index contributed by atoms with van der Waals surface area (Å²) in [7, 11) is 5.72. The molecule has 3 nitrogen and oxygen atoms in total. The van der Waals surface area contributed by atoms with Gasteiger partial charge in [-0.25, -0.2) is 0 Å². The Bertz CT molecular complexity index is 66.1. The van der Waals surface area contributed by atoms with Gasteiger partial charge in [-0.2, -0.15) is 0 Å². The fourth-order valence-electron chi connectivity index (χ4n) is 0.722. The van der Waals surface area contributed by atoms with E-state index in [0.29, 0.717) is 6.54 Å². The van der Waals surface area contributed by atoms with Crippen molar-refractivity contribution >= 4 is 0 Å². The fourth-order valence-corrected chi connectivity index (χ4v) is 0.722. The average Bonchev–Trinajstić information content (AvgIpc) is 1.63. The van der Waals surface area contributed by atoms with E-state index in [-0.39, 0.29) is 6.10 Å². The van der Waals surface area contributed by atoms with Crippen LogP contribution in [0.3, 0.4) is 0 Å². The minimum Gasteiger partial charge on any atom is -0.390 e. The SMILES string of the molecule is CNC[C@@H](O)CN(C)C. The molecule has 1 atom stereocenters. The van der Waals surface area contributed by atoms with Crippen LogP contribution in [0.25, 0.3) is 0 Å². The third kappa shape index (κ3) is 5.76. The second kappa shape index (κ2) is 4.73. The molecule has 0 aromatic heterocycles. The molecule has 0 aromatic rings. The lowest BCUT2D eigenvalue weighted by Crippen LogP contribution is -2.33. The largest absolute Gasteiger partial charge is 0.390 e. The molecule has 0 bridgehead atoms. The van der Waals surface area contributed by atoms with E-state index in [9.17, 15) is 0 Å². The summed E-state index contributed by atoms with van der Waals surface area (Å²) in [4.78, 5) is 1.96. The highest BCUT2D eigenvalue weighted by Gasteiger charge is 2.01. The fraction of sp³-hybridized carbons (Fsp3) is 1.00. The normalized spacial score (nSPS) is 14.3. The molecule has 0 rings (SSSR count). The average molecular weight is 132 g/mol. The number of aliphatic hydroxyl groups is 1. The number of hydrogen-bond acceptors (Lipinski definition) is 3. The van der Waals surface area contributed by atoms with Crippen LogP contribution in [0, 0.1) is 0 Å². The Kier molecular flexibility index (Phi) is 4.67. The quantitative estimate of drug-likeness (QED) is 0.522. The van der Waals surface area contributed by atoms with Gasteiger partial charge in [0.05, 0.1) is 6.10 Å². The molecule has 0 saturated carbocycles. The molecule has 3 heteroatoms. The summed E-state index contributed by atoms with van der Waals surface area (Å²) in [5.74, 6) is 0. The Balaban J connectivity index is 3.15. The lowest BCUT2D eigenvalue weighted by molar-refractivity contribution is 0.137. The molecule has 0 aromatic carbocycles. The zero-order valence-electron chi connectivity index (χ0n) is 6.39. The highest BCUT2D eigenvalue weighted by molar-refractivity contribution is 4.59. The number of nitrogens with zero attached hydrogens (tertiary/aromatic N) is 1. The van der Waals surface area contributed by atoms with Crippen LogP contribution in [0.4, 0.5) is 0 Å². The summed E-state index contributed by atoms with van der Waals surface area (Å²) < 4.78 is 0. The first-order chi connectivity index (χ1) is 4.16. The molecule has 56 valence electrons. The Morgan fingerprint density at radius 3 is 2.44 bits per heavy atom. The van der Waals surface area contributed by atoms with Crippen molar-refractivity contribution in [2.24, 2.45) is 0 Å². The number of aliphatic hydroxyl groups excluding tert-OH is 1. The highest BCUT2D eigenvalue weighted by atomic mass is 16.3. The van der Waals surface area contributed by atoms with Crippen LogP contribution in [-0.2, 0) is 0 Å². The summed E-state index contributed by atoms with van der Waals surface area (Å²) in [6, 6.07) is 0. The van der Waals surface area contributed by atoms with Crippen LogP contribution >= 0.6 is 0 Å². The van der Waals surface area contributed by atoms with Crippen molar-refractivity contribution in [3.63, 3.8) is 0 Å². The second-order valence-electron chi connectivity index (χ2n) is 2.47. The molecular weight excluding hydrogens is 116 g/mol. The Morgan fingerprint density at radius 1 is 1.56 bits per heavy atom. The van der Waals surface area contributed by atoms with Gasteiger partial charge in [-0.15, -0.1) is 0 Å². The molecule has 0 spiro atoms.